The Morgan fingerprint density at radius 2 is 0.739 bits per heavy atom. The van der Waals surface area contributed by atoms with E-state index in [9.17, 15) is 0 Å². The van der Waals surface area contributed by atoms with Gasteiger partial charge in [0.25, 0.3) is 0 Å². The third-order valence-electron chi connectivity index (χ3n) is 8.66. The Kier molecular flexibility index (Phi) is 6.88. The average molecular weight is 591 g/mol. The van der Waals surface area contributed by atoms with E-state index in [4.69, 9.17) is 19.9 Å². The van der Waals surface area contributed by atoms with E-state index < -0.39 is 0 Å². The molecule has 4 nitrogen and oxygen atoms in total. The first-order valence-electron chi connectivity index (χ1n) is 15.5. The predicted octanol–water partition coefficient (Wildman–Crippen LogP) is 10.5. The zero-order valence-electron chi connectivity index (χ0n) is 25.6. The third-order valence-corrected chi connectivity index (χ3v) is 8.66. The van der Waals surface area contributed by atoms with Crippen molar-refractivity contribution in [1.29, 1.82) is 0 Å². The van der Waals surface area contributed by atoms with Gasteiger partial charge >= 0.3 is 0 Å². The van der Waals surface area contributed by atoms with Crippen molar-refractivity contribution >= 4 is 21.8 Å². The molecule has 0 aliphatic carbocycles. The smallest absolute Gasteiger partial charge is 0.0929 e. The molecule has 4 aromatic carbocycles. The van der Waals surface area contributed by atoms with Crippen LogP contribution in [-0.2, 0) is 0 Å². The number of hydrogen-bond acceptors (Lipinski definition) is 4. The largest absolute Gasteiger partial charge is 0.246 e. The summed E-state index contributed by atoms with van der Waals surface area (Å²) >= 11 is 0. The van der Waals surface area contributed by atoms with E-state index in [2.05, 4.69) is 123 Å². The Balaban J connectivity index is 1.41. The van der Waals surface area contributed by atoms with Crippen molar-refractivity contribution in [2.45, 2.75) is 13.8 Å². The van der Waals surface area contributed by atoms with Gasteiger partial charge in [0.1, 0.15) is 0 Å². The van der Waals surface area contributed by atoms with Crippen LogP contribution in [0.2, 0.25) is 0 Å². The van der Waals surface area contributed by atoms with Crippen molar-refractivity contribution in [2.24, 2.45) is 0 Å². The minimum Gasteiger partial charge on any atom is -0.246 e. The van der Waals surface area contributed by atoms with Crippen LogP contribution in [-0.4, -0.2) is 19.9 Å². The Labute approximate surface area is 268 Å². The van der Waals surface area contributed by atoms with Crippen LogP contribution >= 0.6 is 0 Å². The van der Waals surface area contributed by atoms with E-state index in [0.29, 0.717) is 0 Å². The van der Waals surface area contributed by atoms with Crippen LogP contribution in [0.3, 0.4) is 0 Å². The highest BCUT2D eigenvalue weighted by Gasteiger charge is 2.20. The third kappa shape index (κ3) is 5.00. The molecular weight excluding hydrogens is 560 g/mol. The van der Waals surface area contributed by atoms with Crippen molar-refractivity contribution in [3.8, 4) is 56.4 Å². The molecule has 8 rings (SSSR count). The van der Waals surface area contributed by atoms with Gasteiger partial charge in [-0.2, -0.15) is 0 Å². The minimum atomic E-state index is 0.849. The monoisotopic (exact) mass is 590 g/mol. The van der Waals surface area contributed by atoms with Gasteiger partial charge in [-0.1, -0.05) is 109 Å². The summed E-state index contributed by atoms with van der Waals surface area (Å²) in [6.45, 7) is 4.30. The van der Waals surface area contributed by atoms with E-state index in [1.165, 1.54) is 0 Å². The Morgan fingerprint density at radius 3 is 1.17 bits per heavy atom. The molecule has 0 aliphatic rings. The molecule has 0 unspecified atom stereocenters. The lowest BCUT2D eigenvalue weighted by Gasteiger charge is -2.19. The fourth-order valence-corrected chi connectivity index (χ4v) is 6.19. The van der Waals surface area contributed by atoms with E-state index in [1.54, 1.807) is 0 Å². The number of pyridine rings is 4. The molecule has 4 aromatic heterocycles. The second-order valence-electron chi connectivity index (χ2n) is 11.6. The first kappa shape index (κ1) is 27.5. The molecule has 0 spiro atoms. The highest BCUT2D eigenvalue weighted by Crippen LogP contribution is 2.39. The van der Waals surface area contributed by atoms with Crippen LogP contribution < -0.4 is 0 Å². The second kappa shape index (κ2) is 11.5. The van der Waals surface area contributed by atoms with Gasteiger partial charge in [-0.15, -0.1) is 0 Å². The molecule has 8 aromatic rings. The molecule has 0 aliphatic heterocycles. The number of hydrogen-bond donors (Lipinski definition) is 0. The van der Waals surface area contributed by atoms with Gasteiger partial charge in [0, 0.05) is 21.9 Å². The molecule has 4 heterocycles. The van der Waals surface area contributed by atoms with E-state index in [0.717, 1.165) is 89.4 Å². The summed E-state index contributed by atoms with van der Waals surface area (Å²) in [5.41, 5.74) is 13.5. The first-order valence-corrected chi connectivity index (χ1v) is 15.5. The SMILES string of the molecule is Cc1c(-c2cc(-c3ccccc3)nc(-c3ccc4ccccc4n3)c2C)cc(-c2ccccc2)nc1-c1ccc2ccccc2n1. The molecular formula is C42H30N4. The van der Waals surface area contributed by atoms with Crippen molar-refractivity contribution in [3.05, 3.63) is 157 Å². The Bertz CT molecular complexity index is 2210. The minimum absolute atomic E-state index is 0.849. The quantitative estimate of drug-likeness (QED) is 0.200. The van der Waals surface area contributed by atoms with Crippen LogP contribution in [0, 0.1) is 13.8 Å². The van der Waals surface area contributed by atoms with Gasteiger partial charge in [0.15, 0.2) is 0 Å². The molecule has 0 bridgehead atoms. The average Bonchev–Trinajstić information content (AvgIpc) is 3.12. The molecule has 0 saturated carbocycles. The van der Waals surface area contributed by atoms with Gasteiger partial charge in [0.05, 0.1) is 45.2 Å². The van der Waals surface area contributed by atoms with Gasteiger partial charge < -0.3 is 0 Å². The Morgan fingerprint density at radius 1 is 0.348 bits per heavy atom. The molecule has 0 saturated heterocycles. The summed E-state index contributed by atoms with van der Waals surface area (Å²) in [7, 11) is 0. The topological polar surface area (TPSA) is 51.6 Å². The lowest BCUT2D eigenvalue weighted by Crippen LogP contribution is -2.01. The van der Waals surface area contributed by atoms with E-state index in [-0.39, 0.29) is 0 Å². The van der Waals surface area contributed by atoms with Crippen molar-refractivity contribution < 1.29 is 0 Å². The summed E-state index contributed by atoms with van der Waals surface area (Å²) in [6, 6.07) is 50.0. The summed E-state index contributed by atoms with van der Waals surface area (Å²) < 4.78 is 0. The number of aromatic nitrogens is 4. The summed E-state index contributed by atoms with van der Waals surface area (Å²) in [6.07, 6.45) is 0. The normalized spacial score (nSPS) is 11.3. The fourth-order valence-electron chi connectivity index (χ4n) is 6.19. The second-order valence-corrected chi connectivity index (χ2v) is 11.6. The first-order chi connectivity index (χ1) is 22.6. The maximum Gasteiger partial charge on any atom is 0.0929 e. The maximum atomic E-state index is 5.24. The predicted molar refractivity (Wildman–Crippen MR) is 189 cm³/mol. The Hall–Kier alpha value is -6.00. The zero-order chi connectivity index (χ0) is 31.0. The molecule has 218 valence electrons. The fraction of sp³-hybridized carbons (Fsp3) is 0.0476. The lowest BCUT2D eigenvalue weighted by atomic mass is 9.91. The summed E-state index contributed by atoms with van der Waals surface area (Å²) in [5.74, 6) is 0. The highest BCUT2D eigenvalue weighted by atomic mass is 14.8. The molecule has 4 heteroatoms. The number of para-hydroxylation sites is 2. The van der Waals surface area contributed by atoms with E-state index in [1.807, 2.05) is 36.4 Å². The molecule has 0 atom stereocenters. The zero-order valence-corrected chi connectivity index (χ0v) is 25.6. The lowest BCUT2D eigenvalue weighted by molar-refractivity contribution is 1.21. The van der Waals surface area contributed by atoms with Gasteiger partial charge in [0.2, 0.25) is 0 Å². The number of fused-ring (bicyclic) bond motifs is 2. The van der Waals surface area contributed by atoms with Crippen LogP contribution in [0.4, 0.5) is 0 Å². The number of nitrogens with zero attached hydrogens (tertiary/aromatic N) is 4. The van der Waals surface area contributed by atoms with Crippen LogP contribution in [0.1, 0.15) is 11.1 Å². The van der Waals surface area contributed by atoms with Gasteiger partial charge in [-0.3, -0.25) is 0 Å². The van der Waals surface area contributed by atoms with E-state index >= 15 is 0 Å². The van der Waals surface area contributed by atoms with Crippen LogP contribution in [0.5, 0.6) is 0 Å². The molecule has 46 heavy (non-hydrogen) atoms. The van der Waals surface area contributed by atoms with Crippen molar-refractivity contribution in [3.63, 3.8) is 0 Å². The van der Waals surface area contributed by atoms with Crippen molar-refractivity contribution in [2.75, 3.05) is 0 Å². The molecule has 0 fully saturated rings. The standard InChI is InChI=1S/C42H30N4/c1-27-33(25-39(29-13-5-3-6-14-29)45-41(27)37-23-21-31-17-9-11-19-35(31)43-37)34-26-40(30-15-7-4-8-16-30)46-42(28(34)2)38-24-22-32-18-10-12-20-36(32)44-38/h3-26H,1-2H3. The van der Waals surface area contributed by atoms with Crippen molar-refractivity contribution in [1.82, 2.24) is 19.9 Å². The number of benzene rings is 4. The molecule has 0 N–H and O–H groups in total. The maximum absolute atomic E-state index is 5.24. The van der Waals surface area contributed by atoms with Crippen LogP contribution in [0.25, 0.3) is 78.2 Å². The molecule has 0 amide bonds. The number of rotatable bonds is 5. The van der Waals surface area contributed by atoms with Gasteiger partial charge in [-0.25, -0.2) is 19.9 Å². The van der Waals surface area contributed by atoms with Crippen LogP contribution in [0.15, 0.2) is 146 Å². The summed E-state index contributed by atoms with van der Waals surface area (Å²) in [4.78, 5) is 20.6. The van der Waals surface area contributed by atoms with Gasteiger partial charge in [-0.05, 0) is 72.5 Å². The molecule has 0 radical (unpaired) electrons. The summed E-state index contributed by atoms with van der Waals surface area (Å²) in [5, 5.41) is 2.21. The highest BCUT2D eigenvalue weighted by molar-refractivity contribution is 5.88.